The molecule has 0 aromatic carbocycles. The van der Waals surface area contributed by atoms with E-state index in [1.807, 2.05) is 12.1 Å². The van der Waals surface area contributed by atoms with Crippen molar-refractivity contribution in [3.63, 3.8) is 0 Å². The lowest BCUT2D eigenvalue weighted by Gasteiger charge is -2.34. The van der Waals surface area contributed by atoms with Gasteiger partial charge in [0.1, 0.15) is 17.3 Å². The smallest absolute Gasteiger partial charge is 0.287 e. The SMILES string of the molecule is CCc1cc(N2CCN(CC)CC2)nc(SCc2ccc(C(=O)NCc3ccco3)o2)n1. The minimum Gasteiger partial charge on any atom is -0.467 e. The normalized spacial score (nSPS) is 14.6. The molecule has 1 saturated heterocycles. The highest BCUT2D eigenvalue weighted by Crippen LogP contribution is 2.25. The molecule has 170 valence electrons. The second-order valence-corrected chi connectivity index (χ2v) is 8.53. The zero-order chi connectivity index (χ0) is 22.3. The summed E-state index contributed by atoms with van der Waals surface area (Å²) in [4.78, 5) is 26.6. The van der Waals surface area contributed by atoms with Crippen molar-refractivity contribution >= 4 is 23.5 Å². The van der Waals surface area contributed by atoms with E-state index in [1.165, 1.54) is 11.8 Å². The molecule has 8 nitrogen and oxygen atoms in total. The first kappa shape index (κ1) is 22.4. The van der Waals surface area contributed by atoms with E-state index in [2.05, 4.69) is 40.0 Å². The molecule has 1 fully saturated rings. The lowest BCUT2D eigenvalue weighted by Crippen LogP contribution is -2.46. The minimum absolute atomic E-state index is 0.268. The first-order valence-electron chi connectivity index (χ1n) is 11.0. The molecule has 0 saturated carbocycles. The average molecular weight is 456 g/mol. The van der Waals surface area contributed by atoms with Crippen molar-refractivity contribution in [3.8, 4) is 0 Å². The molecular formula is C23H29N5O3S. The number of hydrogen-bond donors (Lipinski definition) is 1. The van der Waals surface area contributed by atoms with Crippen LogP contribution in [0.3, 0.4) is 0 Å². The highest BCUT2D eigenvalue weighted by molar-refractivity contribution is 7.98. The molecule has 0 radical (unpaired) electrons. The molecule has 1 aliphatic heterocycles. The van der Waals surface area contributed by atoms with Gasteiger partial charge in [-0.2, -0.15) is 0 Å². The number of nitrogens with zero attached hydrogens (tertiary/aromatic N) is 4. The van der Waals surface area contributed by atoms with Crippen molar-refractivity contribution in [2.24, 2.45) is 0 Å². The van der Waals surface area contributed by atoms with Gasteiger partial charge in [-0.3, -0.25) is 4.79 Å². The Morgan fingerprint density at radius 1 is 1.12 bits per heavy atom. The predicted octanol–water partition coefficient (Wildman–Crippen LogP) is 3.59. The molecule has 0 unspecified atom stereocenters. The topological polar surface area (TPSA) is 87.6 Å². The van der Waals surface area contributed by atoms with Gasteiger partial charge in [0.2, 0.25) is 0 Å². The Hall–Kier alpha value is -2.78. The van der Waals surface area contributed by atoms with Gasteiger partial charge in [0.25, 0.3) is 5.91 Å². The van der Waals surface area contributed by atoms with Gasteiger partial charge in [0.15, 0.2) is 10.9 Å². The Balaban J connectivity index is 1.35. The van der Waals surface area contributed by atoms with E-state index >= 15 is 0 Å². The largest absolute Gasteiger partial charge is 0.467 e. The molecule has 3 aromatic rings. The molecule has 4 rings (SSSR count). The van der Waals surface area contributed by atoms with Gasteiger partial charge in [-0.25, -0.2) is 9.97 Å². The summed E-state index contributed by atoms with van der Waals surface area (Å²) in [6.45, 7) is 9.79. The van der Waals surface area contributed by atoms with E-state index in [1.54, 1.807) is 18.4 Å². The summed E-state index contributed by atoms with van der Waals surface area (Å²) in [5.74, 6) is 2.97. The van der Waals surface area contributed by atoms with Crippen LogP contribution in [0.1, 0.15) is 41.6 Å². The van der Waals surface area contributed by atoms with Crippen LogP contribution >= 0.6 is 11.8 Å². The fraction of sp³-hybridized carbons (Fsp3) is 0.435. The van der Waals surface area contributed by atoms with Crippen LogP contribution < -0.4 is 10.2 Å². The van der Waals surface area contributed by atoms with Crippen LogP contribution in [0.2, 0.25) is 0 Å². The molecule has 1 amide bonds. The number of amides is 1. The third-order valence-corrected chi connectivity index (χ3v) is 6.35. The van der Waals surface area contributed by atoms with Crippen molar-refractivity contribution < 1.29 is 13.6 Å². The lowest BCUT2D eigenvalue weighted by molar-refractivity contribution is 0.0919. The van der Waals surface area contributed by atoms with Gasteiger partial charge in [-0.15, -0.1) is 0 Å². The number of thioether (sulfide) groups is 1. The predicted molar refractivity (Wildman–Crippen MR) is 124 cm³/mol. The van der Waals surface area contributed by atoms with Crippen LogP contribution in [0.4, 0.5) is 5.82 Å². The molecule has 32 heavy (non-hydrogen) atoms. The van der Waals surface area contributed by atoms with Crippen LogP contribution in [0.25, 0.3) is 0 Å². The first-order chi connectivity index (χ1) is 15.6. The number of aromatic nitrogens is 2. The molecule has 0 aliphatic carbocycles. The number of furan rings is 2. The maximum atomic E-state index is 12.3. The summed E-state index contributed by atoms with van der Waals surface area (Å²) >= 11 is 1.52. The summed E-state index contributed by atoms with van der Waals surface area (Å²) in [6, 6.07) is 9.21. The summed E-state index contributed by atoms with van der Waals surface area (Å²) in [5, 5.41) is 3.52. The van der Waals surface area contributed by atoms with E-state index in [-0.39, 0.29) is 11.7 Å². The van der Waals surface area contributed by atoms with Crippen LogP contribution in [-0.4, -0.2) is 53.5 Å². The van der Waals surface area contributed by atoms with Gasteiger partial charge in [-0.1, -0.05) is 25.6 Å². The van der Waals surface area contributed by atoms with Gasteiger partial charge >= 0.3 is 0 Å². The monoisotopic (exact) mass is 455 g/mol. The number of hydrogen-bond acceptors (Lipinski definition) is 8. The minimum atomic E-state index is -0.268. The Labute approximate surface area is 192 Å². The van der Waals surface area contributed by atoms with E-state index in [9.17, 15) is 4.79 Å². The first-order valence-corrected chi connectivity index (χ1v) is 12.0. The second-order valence-electron chi connectivity index (χ2n) is 7.59. The molecule has 0 atom stereocenters. The van der Waals surface area contributed by atoms with Crippen LogP contribution in [0.15, 0.2) is 50.6 Å². The maximum Gasteiger partial charge on any atom is 0.287 e. The molecule has 0 bridgehead atoms. The van der Waals surface area contributed by atoms with Crippen molar-refractivity contribution in [2.45, 2.75) is 37.7 Å². The fourth-order valence-corrected chi connectivity index (χ4v) is 4.31. The standard InChI is InChI=1S/C23H29N5O3S/c1-3-17-14-21(28-11-9-27(4-2)10-12-28)26-23(25-17)32-16-19-7-8-20(31-19)22(29)24-15-18-6-5-13-30-18/h5-8,13-14H,3-4,9-12,15-16H2,1-2H3,(H,24,29). The molecule has 9 heteroatoms. The van der Waals surface area contributed by atoms with E-state index in [0.29, 0.717) is 23.8 Å². The highest BCUT2D eigenvalue weighted by Gasteiger charge is 2.19. The number of nitrogens with one attached hydrogen (secondary N) is 1. The summed E-state index contributed by atoms with van der Waals surface area (Å²) in [5.41, 5.74) is 1.04. The third-order valence-electron chi connectivity index (χ3n) is 5.48. The number of carbonyl (C=O) groups is 1. The van der Waals surface area contributed by atoms with Gasteiger partial charge in [0.05, 0.1) is 18.6 Å². The Morgan fingerprint density at radius 2 is 1.97 bits per heavy atom. The van der Waals surface area contributed by atoms with E-state index in [4.69, 9.17) is 13.8 Å². The van der Waals surface area contributed by atoms with Crippen molar-refractivity contribution in [3.05, 3.63) is 59.6 Å². The number of piperazine rings is 1. The Bertz CT molecular complexity index is 1010. The zero-order valence-corrected chi connectivity index (χ0v) is 19.4. The van der Waals surface area contributed by atoms with Crippen molar-refractivity contribution in [1.29, 1.82) is 0 Å². The quantitative estimate of drug-likeness (QED) is 0.387. The van der Waals surface area contributed by atoms with Crippen LogP contribution in [0.5, 0.6) is 0 Å². The number of rotatable bonds is 9. The van der Waals surface area contributed by atoms with Crippen molar-refractivity contribution in [2.75, 3.05) is 37.6 Å². The average Bonchev–Trinajstić information content (AvgIpc) is 3.53. The zero-order valence-electron chi connectivity index (χ0n) is 18.5. The fourth-order valence-electron chi connectivity index (χ4n) is 3.54. The van der Waals surface area contributed by atoms with Crippen molar-refractivity contribution in [1.82, 2.24) is 20.2 Å². The van der Waals surface area contributed by atoms with E-state index in [0.717, 1.165) is 55.8 Å². The van der Waals surface area contributed by atoms with Gasteiger partial charge in [-0.05, 0) is 37.2 Å². The van der Waals surface area contributed by atoms with Gasteiger partial charge < -0.3 is 24.0 Å². The lowest BCUT2D eigenvalue weighted by atomic mass is 10.2. The molecular weight excluding hydrogens is 426 g/mol. The Kier molecular flexibility index (Phi) is 7.49. The number of carbonyl (C=O) groups excluding carboxylic acids is 1. The van der Waals surface area contributed by atoms with Gasteiger partial charge in [0, 0.05) is 37.9 Å². The highest BCUT2D eigenvalue weighted by atomic mass is 32.2. The summed E-state index contributed by atoms with van der Waals surface area (Å²) in [7, 11) is 0. The molecule has 1 aliphatic rings. The molecule has 4 heterocycles. The van der Waals surface area contributed by atoms with Crippen LogP contribution in [-0.2, 0) is 18.7 Å². The second kappa shape index (κ2) is 10.7. The van der Waals surface area contributed by atoms with Crippen LogP contribution in [0, 0.1) is 0 Å². The molecule has 1 N–H and O–H groups in total. The van der Waals surface area contributed by atoms with E-state index < -0.39 is 0 Å². The summed E-state index contributed by atoms with van der Waals surface area (Å²) < 4.78 is 11.0. The summed E-state index contributed by atoms with van der Waals surface area (Å²) in [6.07, 6.45) is 2.44. The molecule has 3 aromatic heterocycles. The molecule has 0 spiro atoms. The third kappa shape index (κ3) is 5.72. The maximum absolute atomic E-state index is 12.3. The Morgan fingerprint density at radius 3 is 2.69 bits per heavy atom. The number of aryl methyl sites for hydroxylation is 1. The number of likely N-dealkylation sites (N-methyl/N-ethyl adjacent to an activating group) is 1. The number of anilines is 1.